The van der Waals surface area contributed by atoms with Crippen LogP contribution in [0, 0.1) is 34.5 Å². The summed E-state index contributed by atoms with van der Waals surface area (Å²) in [5, 5.41) is 0. The van der Waals surface area contributed by atoms with Gasteiger partial charge in [0.05, 0.1) is 6.20 Å². The van der Waals surface area contributed by atoms with Crippen molar-refractivity contribution in [3.63, 3.8) is 0 Å². The number of allylic oxidation sites excluding steroid dienone is 1. The molecule has 0 radical (unpaired) electrons. The van der Waals surface area contributed by atoms with Crippen LogP contribution >= 0.6 is 0 Å². The molecule has 2 N–H and O–H groups in total. The van der Waals surface area contributed by atoms with Gasteiger partial charge in [0, 0.05) is 24.7 Å². The predicted molar refractivity (Wildman–Crippen MR) is 117 cm³/mol. The number of hydrogen-bond acceptors (Lipinski definition) is 5. The predicted octanol–water partition coefficient (Wildman–Crippen LogP) is 4.78. The van der Waals surface area contributed by atoms with E-state index in [1.807, 2.05) is 6.08 Å². The number of ketones is 2. The average molecular weight is 410 g/mol. The number of nitrogens with zero attached hydrogens (tertiary/aromatic N) is 2. The van der Waals surface area contributed by atoms with Crippen LogP contribution in [-0.4, -0.2) is 21.5 Å². The Kier molecular flexibility index (Phi) is 5.58. The molecule has 6 atom stereocenters. The van der Waals surface area contributed by atoms with Gasteiger partial charge in [-0.05, 0) is 86.5 Å². The lowest BCUT2D eigenvalue weighted by Crippen LogP contribution is -2.51. The Labute approximate surface area is 179 Å². The molecule has 0 spiro atoms. The number of Topliss-reactive ketones (excluding diaryl/α,β-unsaturated/α-hetero) is 1. The molecule has 0 aliphatic heterocycles. The Morgan fingerprint density at radius 1 is 1.07 bits per heavy atom. The Balaban J connectivity index is 0.000000265. The molecule has 5 nitrogen and oxygen atoms in total. The van der Waals surface area contributed by atoms with E-state index < -0.39 is 0 Å². The number of aromatic nitrogens is 2. The Morgan fingerprint density at radius 3 is 2.50 bits per heavy atom. The normalized spacial score (nSPS) is 39.6. The van der Waals surface area contributed by atoms with Crippen molar-refractivity contribution >= 4 is 17.4 Å². The molecule has 0 saturated heterocycles. The summed E-state index contributed by atoms with van der Waals surface area (Å²) in [5.41, 5.74) is 7.13. The van der Waals surface area contributed by atoms with Crippen molar-refractivity contribution in [2.75, 3.05) is 5.73 Å². The highest BCUT2D eigenvalue weighted by Gasteiger charge is 2.59. The van der Waals surface area contributed by atoms with E-state index in [4.69, 9.17) is 5.73 Å². The second-order valence-corrected chi connectivity index (χ2v) is 10.4. The highest BCUT2D eigenvalue weighted by Crippen LogP contribution is 2.66. The number of anilines is 1. The van der Waals surface area contributed by atoms with Crippen LogP contribution in [0.1, 0.15) is 72.1 Å². The largest absolute Gasteiger partial charge is 0.382 e. The second kappa shape index (κ2) is 7.90. The van der Waals surface area contributed by atoms with Crippen molar-refractivity contribution in [3.8, 4) is 0 Å². The zero-order valence-electron chi connectivity index (χ0n) is 18.6. The van der Waals surface area contributed by atoms with Crippen LogP contribution in [0.4, 0.5) is 5.82 Å². The third-order valence-electron chi connectivity index (χ3n) is 9.04. The van der Waals surface area contributed by atoms with E-state index in [0.29, 0.717) is 23.3 Å². The van der Waals surface area contributed by atoms with E-state index in [9.17, 15) is 9.59 Å². The van der Waals surface area contributed by atoms with Gasteiger partial charge in [0.25, 0.3) is 0 Å². The van der Waals surface area contributed by atoms with Gasteiger partial charge in [0.1, 0.15) is 11.6 Å². The minimum atomic E-state index is 0.245. The zero-order valence-corrected chi connectivity index (χ0v) is 18.6. The van der Waals surface area contributed by atoms with Gasteiger partial charge in [-0.2, -0.15) is 0 Å². The summed E-state index contributed by atoms with van der Waals surface area (Å²) >= 11 is 0. The van der Waals surface area contributed by atoms with Gasteiger partial charge in [-0.25, -0.2) is 4.98 Å². The van der Waals surface area contributed by atoms with Crippen molar-refractivity contribution in [1.29, 1.82) is 0 Å². The molecule has 0 amide bonds. The molecule has 4 aliphatic rings. The molecule has 3 saturated carbocycles. The number of carbonyl (C=O) groups excluding carboxylic acids is 2. The highest BCUT2D eigenvalue weighted by atomic mass is 16.1. The zero-order chi connectivity index (χ0) is 21.5. The minimum Gasteiger partial charge on any atom is -0.382 e. The summed E-state index contributed by atoms with van der Waals surface area (Å²) in [4.78, 5) is 31.4. The third-order valence-corrected chi connectivity index (χ3v) is 9.04. The molecular formula is C25H35N3O2. The fourth-order valence-electron chi connectivity index (χ4n) is 7.54. The monoisotopic (exact) mass is 409 g/mol. The molecular weight excluding hydrogens is 374 g/mol. The standard InChI is InChI=1S/C21H30O2.C4H5N3/c1-13(22)17-6-7-18-16-5-4-14-12-15(23)8-10-20(14,2)19(16)9-11-21(17,18)3;5-4-3-6-1-2-7-4/h12,16-19H,4-11H2,1-3H3;1-3H,(H2,5,7)/t16-,17+,18-,19-,20-,21+;/m0./s1. The van der Waals surface area contributed by atoms with E-state index in [1.54, 1.807) is 19.3 Å². The van der Waals surface area contributed by atoms with Crippen molar-refractivity contribution in [3.05, 3.63) is 30.2 Å². The molecule has 0 aromatic carbocycles. The first kappa shape index (κ1) is 21.2. The summed E-state index contributed by atoms with van der Waals surface area (Å²) < 4.78 is 0. The summed E-state index contributed by atoms with van der Waals surface area (Å²) in [7, 11) is 0. The maximum absolute atomic E-state index is 12.1. The van der Waals surface area contributed by atoms with Gasteiger partial charge in [0.2, 0.25) is 0 Å². The maximum Gasteiger partial charge on any atom is 0.155 e. The van der Waals surface area contributed by atoms with Crippen LogP contribution in [-0.2, 0) is 9.59 Å². The molecule has 3 fully saturated rings. The number of rotatable bonds is 1. The topological polar surface area (TPSA) is 85.9 Å². The van der Waals surface area contributed by atoms with Crippen molar-refractivity contribution in [1.82, 2.24) is 9.97 Å². The maximum atomic E-state index is 12.1. The van der Waals surface area contributed by atoms with Crippen molar-refractivity contribution in [2.45, 2.75) is 72.1 Å². The molecule has 1 aromatic rings. The lowest BCUT2D eigenvalue weighted by molar-refractivity contribution is -0.128. The molecule has 30 heavy (non-hydrogen) atoms. The van der Waals surface area contributed by atoms with Crippen LogP contribution in [0.2, 0.25) is 0 Å². The summed E-state index contributed by atoms with van der Waals surface area (Å²) in [5.74, 6) is 3.75. The smallest absolute Gasteiger partial charge is 0.155 e. The lowest BCUT2D eigenvalue weighted by atomic mass is 9.47. The Bertz CT molecular complexity index is 851. The van der Waals surface area contributed by atoms with Gasteiger partial charge in [-0.15, -0.1) is 0 Å². The molecule has 4 aliphatic carbocycles. The van der Waals surface area contributed by atoms with E-state index in [2.05, 4.69) is 23.8 Å². The quantitative estimate of drug-likeness (QED) is 0.721. The van der Waals surface area contributed by atoms with Crippen LogP contribution in [0.25, 0.3) is 0 Å². The molecule has 1 heterocycles. The minimum absolute atomic E-state index is 0.245. The molecule has 0 unspecified atom stereocenters. The van der Waals surface area contributed by atoms with Gasteiger partial charge >= 0.3 is 0 Å². The second-order valence-electron chi connectivity index (χ2n) is 10.4. The van der Waals surface area contributed by atoms with Crippen LogP contribution in [0.3, 0.4) is 0 Å². The van der Waals surface area contributed by atoms with Gasteiger partial charge < -0.3 is 5.73 Å². The van der Waals surface area contributed by atoms with Crippen LogP contribution in [0.15, 0.2) is 30.2 Å². The number of fused-ring (bicyclic) bond motifs is 5. The van der Waals surface area contributed by atoms with Crippen molar-refractivity contribution < 1.29 is 9.59 Å². The average Bonchev–Trinajstić information content (AvgIpc) is 3.07. The van der Waals surface area contributed by atoms with Crippen LogP contribution in [0.5, 0.6) is 0 Å². The number of nitrogen functional groups attached to an aromatic ring is 1. The summed E-state index contributed by atoms with van der Waals surface area (Å²) in [6.07, 6.45) is 15.6. The fourth-order valence-corrected chi connectivity index (χ4v) is 7.54. The lowest BCUT2D eigenvalue weighted by Gasteiger charge is -2.58. The van der Waals surface area contributed by atoms with E-state index >= 15 is 0 Å². The third kappa shape index (κ3) is 3.50. The van der Waals surface area contributed by atoms with Gasteiger partial charge in [0.15, 0.2) is 5.78 Å². The van der Waals surface area contributed by atoms with Gasteiger partial charge in [-0.1, -0.05) is 19.4 Å². The molecule has 5 heteroatoms. The van der Waals surface area contributed by atoms with E-state index in [1.165, 1.54) is 37.5 Å². The SMILES string of the molecule is CC(=O)[C@H]1CC[C@H]2[C@@H]3CCC4=CC(=O)CC[C@]4(C)[C@H]3CC[C@]12C.Nc1cnccn1. The van der Waals surface area contributed by atoms with E-state index in [-0.39, 0.29) is 10.8 Å². The molecule has 0 bridgehead atoms. The first-order chi connectivity index (χ1) is 14.3. The molecule has 5 rings (SSSR count). The van der Waals surface area contributed by atoms with E-state index in [0.717, 1.165) is 43.4 Å². The molecule has 1 aromatic heterocycles. The fraction of sp³-hybridized carbons (Fsp3) is 0.680. The molecule has 162 valence electrons. The van der Waals surface area contributed by atoms with Crippen molar-refractivity contribution in [2.24, 2.45) is 34.5 Å². The first-order valence-electron chi connectivity index (χ1n) is 11.5. The van der Waals surface area contributed by atoms with Gasteiger partial charge in [-0.3, -0.25) is 14.6 Å². The summed E-state index contributed by atoms with van der Waals surface area (Å²) in [6, 6.07) is 0. The first-order valence-corrected chi connectivity index (χ1v) is 11.5. The summed E-state index contributed by atoms with van der Waals surface area (Å²) in [6.45, 7) is 6.65. The van der Waals surface area contributed by atoms with Crippen LogP contribution < -0.4 is 5.73 Å². The Morgan fingerprint density at radius 2 is 1.87 bits per heavy atom. The number of carbonyl (C=O) groups is 2. The Hall–Kier alpha value is -2.04. The number of hydrogen-bond donors (Lipinski definition) is 1. The number of nitrogens with two attached hydrogens (primary N) is 1. The highest BCUT2D eigenvalue weighted by molar-refractivity contribution is 5.91.